The Morgan fingerprint density at radius 1 is 1.71 bits per heavy atom. The molecule has 0 saturated carbocycles. The molecule has 0 unspecified atom stereocenters. The molecule has 74 valence electrons. The third-order valence-electron chi connectivity index (χ3n) is 1.67. The third-order valence-corrected chi connectivity index (χ3v) is 1.67. The highest BCUT2D eigenvalue weighted by atomic mass is 16.1. The molecule has 0 aliphatic heterocycles. The van der Waals surface area contributed by atoms with Crippen molar-refractivity contribution in [3.8, 4) is 11.8 Å². The first-order valence-corrected chi connectivity index (χ1v) is 4.52. The molecule has 0 atom stereocenters. The zero-order valence-electron chi connectivity index (χ0n) is 8.13. The largest absolute Gasteiger partial charge is 0.349 e. The van der Waals surface area contributed by atoms with Crippen molar-refractivity contribution in [1.29, 1.82) is 0 Å². The number of amides is 1. The van der Waals surface area contributed by atoms with E-state index in [1.165, 1.54) is 0 Å². The normalized spacial score (nSPS) is 8.93. The van der Waals surface area contributed by atoms with Crippen molar-refractivity contribution < 1.29 is 4.79 Å². The van der Waals surface area contributed by atoms with Crippen LogP contribution in [0.2, 0.25) is 0 Å². The van der Waals surface area contributed by atoms with E-state index in [2.05, 4.69) is 27.1 Å². The average Bonchev–Trinajstić information content (AvgIpc) is 2.65. The molecule has 0 aliphatic carbocycles. The first-order chi connectivity index (χ1) is 6.83. The highest BCUT2D eigenvalue weighted by Gasteiger charge is 1.96. The lowest BCUT2D eigenvalue weighted by molar-refractivity contribution is -0.115. The van der Waals surface area contributed by atoms with Crippen molar-refractivity contribution in [3.05, 3.63) is 18.2 Å². The topological polar surface area (TPSA) is 57.8 Å². The SMILES string of the molecule is CC#CC(=O)NCCCc1ncc[nH]1. The Bertz CT molecular complexity index is 332. The minimum atomic E-state index is -0.216. The van der Waals surface area contributed by atoms with Crippen molar-refractivity contribution in [2.24, 2.45) is 0 Å². The van der Waals surface area contributed by atoms with Gasteiger partial charge in [-0.05, 0) is 19.3 Å². The van der Waals surface area contributed by atoms with Gasteiger partial charge >= 0.3 is 0 Å². The van der Waals surface area contributed by atoms with E-state index in [4.69, 9.17) is 0 Å². The molecule has 0 aromatic carbocycles. The predicted octanol–water partition coefficient (Wildman–Crippen LogP) is 0.482. The van der Waals surface area contributed by atoms with Gasteiger partial charge in [-0.1, -0.05) is 5.92 Å². The fourth-order valence-corrected chi connectivity index (χ4v) is 1.05. The molecule has 1 heterocycles. The molecule has 2 N–H and O–H groups in total. The number of aromatic amines is 1. The van der Waals surface area contributed by atoms with Gasteiger partial charge in [-0.3, -0.25) is 4.79 Å². The summed E-state index contributed by atoms with van der Waals surface area (Å²) in [6.45, 7) is 2.27. The van der Waals surface area contributed by atoms with Gasteiger partial charge in [0.25, 0.3) is 5.91 Å². The van der Waals surface area contributed by atoms with Crippen molar-refractivity contribution in [2.45, 2.75) is 19.8 Å². The summed E-state index contributed by atoms with van der Waals surface area (Å²) in [6.07, 6.45) is 5.21. The van der Waals surface area contributed by atoms with Crippen LogP contribution in [0.1, 0.15) is 19.2 Å². The number of H-pyrrole nitrogens is 1. The van der Waals surface area contributed by atoms with Gasteiger partial charge in [0.2, 0.25) is 0 Å². The molecule has 1 rings (SSSR count). The number of hydrogen-bond acceptors (Lipinski definition) is 2. The molecule has 1 aromatic rings. The number of carbonyl (C=O) groups excluding carboxylic acids is 1. The van der Waals surface area contributed by atoms with Crippen LogP contribution < -0.4 is 5.32 Å². The van der Waals surface area contributed by atoms with Gasteiger partial charge in [0, 0.05) is 25.4 Å². The molecule has 14 heavy (non-hydrogen) atoms. The Morgan fingerprint density at radius 2 is 2.57 bits per heavy atom. The number of aryl methyl sites for hydroxylation is 1. The van der Waals surface area contributed by atoms with Gasteiger partial charge in [-0.15, -0.1) is 0 Å². The fraction of sp³-hybridized carbons (Fsp3) is 0.400. The quantitative estimate of drug-likeness (QED) is 0.537. The smallest absolute Gasteiger partial charge is 0.295 e. The van der Waals surface area contributed by atoms with Crippen LogP contribution in [0.25, 0.3) is 0 Å². The van der Waals surface area contributed by atoms with E-state index in [0.29, 0.717) is 6.54 Å². The maximum atomic E-state index is 10.9. The van der Waals surface area contributed by atoms with Crippen LogP contribution in [0.3, 0.4) is 0 Å². The number of nitrogens with zero attached hydrogens (tertiary/aromatic N) is 1. The molecule has 0 radical (unpaired) electrons. The maximum Gasteiger partial charge on any atom is 0.295 e. The van der Waals surface area contributed by atoms with Crippen molar-refractivity contribution in [3.63, 3.8) is 0 Å². The molecule has 0 saturated heterocycles. The predicted molar refractivity (Wildman–Crippen MR) is 53.4 cm³/mol. The summed E-state index contributed by atoms with van der Waals surface area (Å²) < 4.78 is 0. The second kappa shape index (κ2) is 5.81. The number of carbonyl (C=O) groups is 1. The summed E-state index contributed by atoms with van der Waals surface area (Å²) in [5, 5.41) is 2.69. The molecule has 1 aromatic heterocycles. The number of imidazole rings is 1. The van der Waals surface area contributed by atoms with E-state index in [1.807, 2.05) is 0 Å². The Labute approximate surface area is 83.1 Å². The van der Waals surface area contributed by atoms with Crippen LogP contribution >= 0.6 is 0 Å². The molecular formula is C10H13N3O. The Morgan fingerprint density at radius 3 is 3.21 bits per heavy atom. The molecular weight excluding hydrogens is 178 g/mol. The molecule has 0 fully saturated rings. The fourth-order valence-electron chi connectivity index (χ4n) is 1.05. The van der Waals surface area contributed by atoms with E-state index >= 15 is 0 Å². The third kappa shape index (κ3) is 3.76. The number of nitrogens with one attached hydrogen (secondary N) is 2. The van der Waals surface area contributed by atoms with Crippen LogP contribution in [-0.2, 0) is 11.2 Å². The summed E-state index contributed by atoms with van der Waals surface area (Å²) in [6, 6.07) is 0. The van der Waals surface area contributed by atoms with Crippen LogP contribution in [0.15, 0.2) is 12.4 Å². The van der Waals surface area contributed by atoms with Gasteiger partial charge in [0.05, 0.1) is 0 Å². The zero-order valence-corrected chi connectivity index (χ0v) is 8.13. The summed E-state index contributed by atoms with van der Waals surface area (Å²) in [5.41, 5.74) is 0. The van der Waals surface area contributed by atoms with E-state index in [0.717, 1.165) is 18.7 Å². The second-order valence-electron chi connectivity index (χ2n) is 2.77. The first kappa shape index (κ1) is 10.3. The average molecular weight is 191 g/mol. The lowest BCUT2D eigenvalue weighted by Crippen LogP contribution is -2.22. The van der Waals surface area contributed by atoms with Crippen LogP contribution in [-0.4, -0.2) is 22.4 Å². The Hall–Kier alpha value is -1.76. The number of rotatable bonds is 4. The first-order valence-electron chi connectivity index (χ1n) is 4.52. The lowest BCUT2D eigenvalue weighted by atomic mass is 10.3. The van der Waals surface area contributed by atoms with Crippen molar-refractivity contribution in [1.82, 2.24) is 15.3 Å². The van der Waals surface area contributed by atoms with Gasteiger partial charge in [0.1, 0.15) is 5.82 Å². The van der Waals surface area contributed by atoms with Gasteiger partial charge in [-0.25, -0.2) is 4.98 Å². The van der Waals surface area contributed by atoms with Crippen molar-refractivity contribution >= 4 is 5.91 Å². The molecule has 4 nitrogen and oxygen atoms in total. The highest BCUT2D eigenvalue weighted by molar-refractivity contribution is 5.93. The molecule has 0 spiro atoms. The molecule has 0 aliphatic rings. The highest BCUT2D eigenvalue weighted by Crippen LogP contribution is 1.92. The van der Waals surface area contributed by atoms with Crippen LogP contribution in [0.4, 0.5) is 0 Å². The van der Waals surface area contributed by atoms with E-state index in [-0.39, 0.29) is 5.91 Å². The zero-order chi connectivity index (χ0) is 10.2. The van der Waals surface area contributed by atoms with E-state index in [9.17, 15) is 4.79 Å². The van der Waals surface area contributed by atoms with Crippen LogP contribution in [0, 0.1) is 11.8 Å². The molecule has 1 amide bonds. The van der Waals surface area contributed by atoms with Crippen LogP contribution in [0.5, 0.6) is 0 Å². The summed E-state index contributed by atoms with van der Waals surface area (Å²) in [5.74, 6) is 5.69. The molecule has 4 heteroatoms. The second-order valence-corrected chi connectivity index (χ2v) is 2.77. The lowest BCUT2D eigenvalue weighted by Gasteiger charge is -1.98. The minimum absolute atomic E-state index is 0.216. The minimum Gasteiger partial charge on any atom is -0.349 e. The Kier molecular flexibility index (Phi) is 4.29. The van der Waals surface area contributed by atoms with Gasteiger partial charge in [-0.2, -0.15) is 0 Å². The molecule has 0 bridgehead atoms. The number of hydrogen-bond donors (Lipinski definition) is 2. The summed E-state index contributed by atoms with van der Waals surface area (Å²) in [7, 11) is 0. The number of aromatic nitrogens is 2. The summed E-state index contributed by atoms with van der Waals surface area (Å²) in [4.78, 5) is 18.0. The van der Waals surface area contributed by atoms with Crippen molar-refractivity contribution in [2.75, 3.05) is 6.54 Å². The standard InChI is InChI=1S/C10H13N3O/c1-2-4-10(14)13-6-3-5-9-11-7-8-12-9/h7-8H,3,5-6H2,1H3,(H,11,12)(H,13,14). The summed E-state index contributed by atoms with van der Waals surface area (Å²) >= 11 is 0. The van der Waals surface area contributed by atoms with E-state index in [1.54, 1.807) is 19.3 Å². The monoisotopic (exact) mass is 191 g/mol. The van der Waals surface area contributed by atoms with E-state index < -0.39 is 0 Å². The maximum absolute atomic E-state index is 10.9. The Balaban J connectivity index is 2.10. The van der Waals surface area contributed by atoms with Gasteiger partial charge < -0.3 is 10.3 Å². The van der Waals surface area contributed by atoms with Gasteiger partial charge in [0.15, 0.2) is 0 Å².